The van der Waals surface area contributed by atoms with Gasteiger partial charge in [-0.1, -0.05) is 6.92 Å². The molecule has 94 valence electrons. The molecule has 0 aromatic rings. The van der Waals surface area contributed by atoms with Gasteiger partial charge in [-0.3, -0.25) is 19.3 Å². The molecule has 0 N–H and O–H groups in total. The van der Waals surface area contributed by atoms with Crippen LogP contribution in [0.25, 0.3) is 0 Å². The van der Waals surface area contributed by atoms with Crippen molar-refractivity contribution in [2.75, 3.05) is 20.1 Å². The first kappa shape index (κ1) is 12.4. The number of likely N-dealkylation sites (tertiary alicyclic amines) is 2. The normalized spacial score (nSPS) is 29.8. The molecule has 0 saturated carbocycles. The van der Waals surface area contributed by atoms with E-state index >= 15 is 0 Å². The number of hydrogen-bond acceptors (Lipinski definition) is 3. The minimum atomic E-state index is -0.559. The molecule has 3 atom stereocenters. The Morgan fingerprint density at radius 2 is 1.82 bits per heavy atom. The fourth-order valence-corrected chi connectivity index (χ4v) is 2.60. The van der Waals surface area contributed by atoms with Crippen LogP contribution in [0.4, 0.5) is 0 Å². The summed E-state index contributed by atoms with van der Waals surface area (Å²) in [6.07, 6.45) is 0.550. The predicted octanol–water partition coefficient (Wildman–Crippen LogP) is 0.0770. The molecule has 6 heteroatoms. The Balaban J connectivity index is 2.09. The Hall–Kier alpha value is -1.10. The van der Waals surface area contributed by atoms with E-state index in [9.17, 15) is 14.4 Å². The Morgan fingerprint density at radius 3 is 2.24 bits per heavy atom. The molecule has 0 aliphatic carbocycles. The summed E-state index contributed by atoms with van der Waals surface area (Å²) in [5, 5.41) is -0.559. The molecule has 2 rings (SSSR count). The van der Waals surface area contributed by atoms with Gasteiger partial charge in [0.25, 0.3) is 0 Å². The summed E-state index contributed by atoms with van der Waals surface area (Å²) in [6, 6.07) is 0. The minimum absolute atomic E-state index is 0.174. The summed E-state index contributed by atoms with van der Waals surface area (Å²) < 4.78 is 0. The predicted molar refractivity (Wildman–Crippen MR) is 61.3 cm³/mol. The summed E-state index contributed by atoms with van der Waals surface area (Å²) in [5.74, 6) is -1.27. The van der Waals surface area contributed by atoms with Crippen LogP contribution in [-0.2, 0) is 14.4 Å². The van der Waals surface area contributed by atoms with E-state index in [2.05, 4.69) is 0 Å². The summed E-state index contributed by atoms with van der Waals surface area (Å²) in [7, 11) is 1.49. The second kappa shape index (κ2) is 4.29. The Kier molecular flexibility index (Phi) is 3.12. The zero-order valence-electron chi connectivity index (χ0n) is 9.85. The molecule has 0 bridgehead atoms. The first-order chi connectivity index (χ1) is 7.97. The van der Waals surface area contributed by atoms with Crippen LogP contribution in [0.2, 0.25) is 0 Å². The van der Waals surface area contributed by atoms with Gasteiger partial charge in [-0.2, -0.15) is 0 Å². The lowest BCUT2D eigenvalue weighted by atomic mass is 10.00. The van der Waals surface area contributed by atoms with Crippen molar-refractivity contribution in [3.63, 3.8) is 0 Å². The van der Waals surface area contributed by atoms with Gasteiger partial charge in [0.05, 0.1) is 11.8 Å². The van der Waals surface area contributed by atoms with Crippen LogP contribution in [0.1, 0.15) is 13.3 Å². The summed E-state index contributed by atoms with van der Waals surface area (Å²) in [6.45, 7) is 2.47. The number of alkyl halides is 1. The van der Waals surface area contributed by atoms with Crippen LogP contribution in [0.15, 0.2) is 0 Å². The maximum absolute atomic E-state index is 11.9. The standard InChI is InChI=1S/C11H15ClN2O3/c1-3-8(12)11(17)14-4-6-7(5-14)10(16)13(2)9(6)15/h6-8H,3-5H2,1-2H3/t6-,7+,8-/m1/s1. The van der Waals surface area contributed by atoms with E-state index in [1.54, 1.807) is 4.90 Å². The molecule has 0 aromatic carbocycles. The van der Waals surface area contributed by atoms with E-state index < -0.39 is 5.38 Å². The smallest absolute Gasteiger partial charge is 0.240 e. The molecule has 3 amide bonds. The number of halogens is 1. The molecule has 2 aliphatic rings. The average molecular weight is 259 g/mol. The van der Waals surface area contributed by atoms with Gasteiger partial charge in [0, 0.05) is 20.1 Å². The van der Waals surface area contributed by atoms with Crippen molar-refractivity contribution in [1.82, 2.24) is 9.80 Å². The van der Waals surface area contributed by atoms with Gasteiger partial charge < -0.3 is 4.90 Å². The highest BCUT2D eigenvalue weighted by atomic mass is 35.5. The van der Waals surface area contributed by atoms with Crippen LogP contribution in [0.3, 0.4) is 0 Å². The maximum Gasteiger partial charge on any atom is 0.240 e. The molecule has 0 unspecified atom stereocenters. The van der Waals surface area contributed by atoms with Gasteiger partial charge >= 0.3 is 0 Å². The quantitative estimate of drug-likeness (QED) is 0.521. The fourth-order valence-electron chi connectivity index (χ4n) is 2.46. The highest BCUT2D eigenvalue weighted by molar-refractivity contribution is 6.30. The molecule has 17 heavy (non-hydrogen) atoms. The molecule has 2 saturated heterocycles. The van der Waals surface area contributed by atoms with Crippen molar-refractivity contribution in [3.8, 4) is 0 Å². The van der Waals surface area contributed by atoms with Gasteiger partial charge in [0.15, 0.2) is 0 Å². The van der Waals surface area contributed by atoms with Gasteiger partial charge in [0.1, 0.15) is 5.38 Å². The third-order valence-electron chi connectivity index (χ3n) is 3.55. The highest BCUT2D eigenvalue weighted by Crippen LogP contribution is 2.33. The van der Waals surface area contributed by atoms with Gasteiger partial charge in [-0.05, 0) is 6.42 Å². The second-order valence-electron chi connectivity index (χ2n) is 4.57. The largest absolute Gasteiger partial charge is 0.340 e. The number of carbonyl (C=O) groups excluding carboxylic acids is 3. The first-order valence-electron chi connectivity index (χ1n) is 5.71. The van der Waals surface area contributed by atoms with E-state index in [1.807, 2.05) is 6.92 Å². The number of amides is 3. The van der Waals surface area contributed by atoms with Crippen molar-refractivity contribution in [3.05, 3.63) is 0 Å². The Bertz CT molecular complexity index is 361. The van der Waals surface area contributed by atoms with Crippen molar-refractivity contribution in [2.45, 2.75) is 18.7 Å². The lowest BCUT2D eigenvalue weighted by Gasteiger charge is -2.20. The number of rotatable bonds is 2. The van der Waals surface area contributed by atoms with Crippen LogP contribution in [0.5, 0.6) is 0 Å². The van der Waals surface area contributed by atoms with Gasteiger partial charge in [-0.25, -0.2) is 0 Å². The van der Waals surface area contributed by atoms with Crippen LogP contribution >= 0.6 is 11.6 Å². The SMILES string of the molecule is CC[C@@H](Cl)C(=O)N1C[C@@H]2C(=O)N(C)C(=O)[C@@H]2C1. The lowest BCUT2D eigenvalue weighted by Crippen LogP contribution is -2.39. The van der Waals surface area contributed by atoms with Crippen molar-refractivity contribution < 1.29 is 14.4 Å². The molecule has 0 aromatic heterocycles. The van der Waals surface area contributed by atoms with E-state index in [4.69, 9.17) is 11.6 Å². The number of hydrogen-bond donors (Lipinski definition) is 0. The molecule has 5 nitrogen and oxygen atoms in total. The number of carbonyl (C=O) groups is 3. The molecule has 2 fully saturated rings. The summed E-state index contributed by atoms with van der Waals surface area (Å²) in [4.78, 5) is 38.0. The minimum Gasteiger partial charge on any atom is -0.340 e. The summed E-state index contributed by atoms with van der Waals surface area (Å²) in [5.41, 5.74) is 0. The molecular formula is C11H15ClN2O3. The van der Waals surface area contributed by atoms with Crippen LogP contribution in [0, 0.1) is 11.8 Å². The fraction of sp³-hybridized carbons (Fsp3) is 0.727. The molecule has 0 radical (unpaired) electrons. The van der Waals surface area contributed by atoms with Gasteiger partial charge in [-0.15, -0.1) is 11.6 Å². The number of imide groups is 1. The number of fused-ring (bicyclic) bond motifs is 1. The first-order valence-corrected chi connectivity index (χ1v) is 6.15. The average Bonchev–Trinajstić information content (AvgIpc) is 2.85. The van der Waals surface area contributed by atoms with Crippen LogP contribution < -0.4 is 0 Å². The third kappa shape index (κ3) is 1.82. The monoisotopic (exact) mass is 258 g/mol. The summed E-state index contributed by atoms with van der Waals surface area (Å²) >= 11 is 5.88. The van der Waals surface area contributed by atoms with Gasteiger partial charge in [0.2, 0.25) is 17.7 Å². The molecule has 2 aliphatic heterocycles. The van der Waals surface area contributed by atoms with E-state index in [-0.39, 0.29) is 29.6 Å². The zero-order valence-corrected chi connectivity index (χ0v) is 10.6. The molecule has 2 heterocycles. The van der Waals surface area contributed by atoms with E-state index in [0.29, 0.717) is 19.5 Å². The van der Waals surface area contributed by atoms with Crippen molar-refractivity contribution in [1.29, 1.82) is 0 Å². The second-order valence-corrected chi connectivity index (χ2v) is 5.09. The Morgan fingerprint density at radius 1 is 1.35 bits per heavy atom. The van der Waals surface area contributed by atoms with Crippen molar-refractivity contribution >= 4 is 29.3 Å². The molecular weight excluding hydrogens is 244 g/mol. The number of nitrogens with zero attached hydrogens (tertiary/aromatic N) is 2. The van der Waals surface area contributed by atoms with E-state index in [1.165, 1.54) is 7.05 Å². The van der Waals surface area contributed by atoms with Crippen LogP contribution in [-0.4, -0.2) is 53.0 Å². The topological polar surface area (TPSA) is 57.7 Å². The maximum atomic E-state index is 11.9. The molecule has 0 spiro atoms. The van der Waals surface area contributed by atoms with Crippen molar-refractivity contribution in [2.24, 2.45) is 11.8 Å². The third-order valence-corrected chi connectivity index (χ3v) is 4.05. The van der Waals surface area contributed by atoms with E-state index in [0.717, 1.165) is 4.90 Å². The lowest BCUT2D eigenvalue weighted by molar-refractivity contribution is -0.139. The Labute approximate surface area is 105 Å². The highest BCUT2D eigenvalue weighted by Gasteiger charge is 2.52. The zero-order chi connectivity index (χ0) is 12.7.